The number of amides is 2. The summed E-state index contributed by atoms with van der Waals surface area (Å²) in [5.41, 5.74) is 3.95. The van der Waals surface area contributed by atoms with Crippen molar-refractivity contribution in [1.82, 2.24) is 5.32 Å². The zero-order valence-corrected chi connectivity index (χ0v) is 16.0. The molecule has 2 N–H and O–H groups in total. The van der Waals surface area contributed by atoms with Gasteiger partial charge < -0.3 is 10.6 Å². The predicted molar refractivity (Wildman–Crippen MR) is 106 cm³/mol. The summed E-state index contributed by atoms with van der Waals surface area (Å²) in [6.45, 7) is 6.31. The van der Waals surface area contributed by atoms with Crippen molar-refractivity contribution < 1.29 is 9.59 Å². The Bertz CT molecular complexity index is 734. The SMILES string of the molecule is CNC(=O)Cc1ccc(NC(=O)C(C)c2ccc(CC(C)C)cc2)cc1. The van der Waals surface area contributed by atoms with E-state index >= 15 is 0 Å². The molecule has 0 aromatic heterocycles. The fourth-order valence-corrected chi connectivity index (χ4v) is 2.80. The summed E-state index contributed by atoms with van der Waals surface area (Å²) in [4.78, 5) is 23.9. The maximum absolute atomic E-state index is 12.5. The average Bonchev–Trinajstić information content (AvgIpc) is 2.62. The van der Waals surface area contributed by atoms with Crippen LogP contribution in [0, 0.1) is 5.92 Å². The van der Waals surface area contributed by atoms with E-state index in [2.05, 4.69) is 36.6 Å². The molecular formula is C22H28N2O2. The highest BCUT2D eigenvalue weighted by molar-refractivity contribution is 5.95. The second-order valence-electron chi connectivity index (χ2n) is 7.10. The van der Waals surface area contributed by atoms with Gasteiger partial charge in [0.25, 0.3) is 0 Å². The molecule has 4 heteroatoms. The van der Waals surface area contributed by atoms with E-state index in [0.29, 0.717) is 12.3 Å². The van der Waals surface area contributed by atoms with E-state index in [-0.39, 0.29) is 17.7 Å². The van der Waals surface area contributed by atoms with Crippen LogP contribution in [0.3, 0.4) is 0 Å². The van der Waals surface area contributed by atoms with Crippen molar-refractivity contribution >= 4 is 17.5 Å². The number of hydrogen-bond donors (Lipinski definition) is 2. The zero-order chi connectivity index (χ0) is 19.1. The number of benzene rings is 2. The number of carbonyl (C=O) groups excluding carboxylic acids is 2. The molecule has 0 aliphatic rings. The van der Waals surface area contributed by atoms with Crippen molar-refractivity contribution in [2.45, 2.75) is 39.5 Å². The van der Waals surface area contributed by atoms with Gasteiger partial charge in [-0.2, -0.15) is 0 Å². The van der Waals surface area contributed by atoms with Crippen LogP contribution in [0.5, 0.6) is 0 Å². The molecule has 138 valence electrons. The molecule has 1 unspecified atom stereocenters. The molecule has 2 aromatic carbocycles. The van der Waals surface area contributed by atoms with Crippen molar-refractivity contribution in [1.29, 1.82) is 0 Å². The molecule has 2 rings (SSSR count). The van der Waals surface area contributed by atoms with Crippen molar-refractivity contribution in [3.8, 4) is 0 Å². The summed E-state index contributed by atoms with van der Waals surface area (Å²) in [7, 11) is 1.62. The minimum absolute atomic E-state index is 0.0312. The predicted octanol–water partition coefficient (Wildman–Crippen LogP) is 3.92. The molecule has 0 aliphatic carbocycles. The minimum Gasteiger partial charge on any atom is -0.359 e. The molecular weight excluding hydrogens is 324 g/mol. The van der Waals surface area contributed by atoms with Gasteiger partial charge in [-0.05, 0) is 48.1 Å². The van der Waals surface area contributed by atoms with Crippen LogP contribution in [0.25, 0.3) is 0 Å². The van der Waals surface area contributed by atoms with Crippen molar-refractivity contribution in [2.75, 3.05) is 12.4 Å². The van der Waals surface area contributed by atoms with Gasteiger partial charge in [-0.25, -0.2) is 0 Å². The third-order valence-corrected chi connectivity index (χ3v) is 4.38. The molecule has 4 nitrogen and oxygen atoms in total. The van der Waals surface area contributed by atoms with E-state index in [4.69, 9.17) is 0 Å². The van der Waals surface area contributed by atoms with E-state index < -0.39 is 0 Å². The fraction of sp³-hybridized carbons (Fsp3) is 0.364. The van der Waals surface area contributed by atoms with Gasteiger partial charge in [0.05, 0.1) is 12.3 Å². The van der Waals surface area contributed by atoms with Gasteiger partial charge in [0.15, 0.2) is 0 Å². The van der Waals surface area contributed by atoms with Crippen molar-refractivity contribution in [3.05, 3.63) is 65.2 Å². The number of nitrogens with one attached hydrogen (secondary N) is 2. The van der Waals surface area contributed by atoms with E-state index in [0.717, 1.165) is 23.2 Å². The smallest absolute Gasteiger partial charge is 0.231 e. The first-order valence-electron chi connectivity index (χ1n) is 9.08. The van der Waals surface area contributed by atoms with Crippen LogP contribution in [0.1, 0.15) is 43.4 Å². The lowest BCUT2D eigenvalue weighted by atomic mass is 9.96. The first kappa shape index (κ1) is 19.7. The van der Waals surface area contributed by atoms with E-state index in [1.54, 1.807) is 7.05 Å². The third-order valence-electron chi connectivity index (χ3n) is 4.38. The Morgan fingerprint density at radius 3 is 2.00 bits per heavy atom. The molecule has 1 atom stereocenters. The second-order valence-corrected chi connectivity index (χ2v) is 7.10. The minimum atomic E-state index is -0.228. The highest BCUT2D eigenvalue weighted by atomic mass is 16.2. The standard InChI is InChI=1S/C22H28N2O2/c1-15(2)13-17-5-9-19(10-6-17)16(3)22(26)24-20-11-7-18(8-12-20)14-21(25)23-4/h5-12,15-16H,13-14H2,1-4H3,(H,23,25)(H,24,26). The molecule has 0 heterocycles. The summed E-state index contributed by atoms with van der Waals surface area (Å²) in [5.74, 6) is 0.318. The lowest BCUT2D eigenvalue weighted by Crippen LogP contribution is -2.20. The van der Waals surface area contributed by atoms with Gasteiger partial charge in [-0.1, -0.05) is 50.2 Å². The average molecular weight is 352 g/mol. The molecule has 2 amide bonds. The van der Waals surface area contributed by atoms with Crippen LogP contribution in [-0.2, 0) is 22.4 Å². The van der Waals surface area contributed by atoms with Gasteiger partial charge in [-0.3, -0.25) is 9.59 Å². The van der Waals surface area contributed by atoms with Crippen LogP contribution >= 0.6 is 0 Å². The van der Waals surface area contributed by atoms with Crippen molar-refractivity contribution in [2.24, 2.45) is 5.92 Å². The van der Waals surface area contributed by atoms with Gasteiger partial charge in [0.1, 0.15) is 0 Å². The van der Waals surface area contributed by atoms with Crippen LogP contribution in [-0.4, -0.2) is 18.9 Å². The largest absolute Gasteiger partial charge is 0.359 e. The number of rotatable bonds is 7. The highest BCUT2D eigenvalue weighted by Crippen LogP contribution is 2.20. The van der Waals surface area contributed by atoms with Gasteiger partial charge >= 0.3 is 0 Å². The lowest BCUT2D eigenvalue weighted by Gasteiger charge is -2.14. The number of hydrogen-bond acceptors (Lipinski definition) is 2. The van der Waals surface area contributed by atoms with Gasteiger partial charge in [0, 0.05) is 12.7 Å². The first-order chi connectivity index (χ1) is 12.4. The van der Waals surface area contributed by atoms with Gasteiger partial charge in [-0.15, -0.1) is 0 Å². The summed E-state index contributed by atoms with van der Waals surface area (Å²) >= 11 is 0. The molecule has 0 radical (unpaired) electrons. The molecule has 0 aliphatic heterocycles. The second kappa shape index (κ2) is 9.18. The number of likely N-dealkylation sites (N-methyl/N-ethyl adjacent to an activating group) is 1. The van der Waals surface area contributed by atoms with Crippen LogP contribution in [0.15, 0.2) is 48.5 Å². The molecule has 2 aromatic rings. The van der Waals surface area contributed by atoms with Crippen LogP contribution in [0.4, 0.5) is 5.69 Å². The molecule has 0 spiro atoms. The summed E-state index contributed by atoms with van der Waals surface area (Å²) in [5, 5.41) is 5.54. The normalized spacial score (nSPS) is 11.9. The third kappa shape index (κ3) is 5.73. The molecule has 26 heavy (non-hydrogen) atoms. The molecule has 0 bridgehead atoms. The van der Waals surface area contributed by atoms with Crippen LogP contribution < -0.4 is 10.6 Å². The Balaban J connectivity index is 1.97. The quantitative estimate of drug-likeness (QED) is 0.793. The monoisotopic (exact) mass is 352 g/mol. The van der Waals surface area contributed by atoms with E-state index in [1.807, 2.05) is 43.3 Å². The van der Waals surface area contributed by atoms with Crippen LogP contribution in [0.2, 0.25) is 0 Å². The maximum atomic E-state index is 12.5. The summed E-state index contributed by atoms with van der Waals surface area (Å²) in [6, 6.07) is 15.7. The summed E-state index contributed by atoms with van der Waals surface area (Å²) < 4.78 is 0. The molecule has 0 saturated heterocycles. The van der Waals surface area contributed by atoms with E-state index in [1.165, 1.54) is 5.56 Å². The molecule has 0 fully saturated rings. The zero-order valence-electron chi connectivity index (χ0n) is 16.0. The highest BCUT2D eigenvalue weighted by Gasteiger charge is 2.15. The Hall–Kier alpha value is -2.62. The van der Waals surface area contributed by atoms with Crippen molar-refractivity contribution in [3.63, 3.8) is 0 Å². The molecule has 0 saturated carbocycles. The Labute approximate surface area is 156 Å². The maximum Gasteiger partial charge on any atom is 0.231 e. The Morgan fingerprint density at radius 2 is 1.46 bits per heavy atom. The number of carbonyl (C=O) groups is 2. The Kier molecular flexibility index (Phi) is 6.96. The summed E-state index contributed by atoms with van der Waals surface area (Å²) in [6.07, 6.45) is 1.38. The number of anilines is 1. The van der Waals surface area contributed by atoms with E-state index in [9.17, 15) is 9.59 Å². The van der Waals surface area contributed by atoms with Gasteiger partial charge in [0.2, 0.25) is 11.8 Å². The first-order valence-corrected chi connectivity index (χ1v) is 9.08. The topological polar surface area (TPSA) is 58.2 Å². The Morgan fingerprint density at radius 1 is 0.885 bits per heavy atom. The fourth-order valence-electron chi connectivity index (χ4n) is 2.80. The lowest BCUT2D eigenvalue weighted by molar-refractivity contribution is -0.120.